The third-order valence-electron chi connectivity index (χ3n) is 2.34. The number of esters is 1. The maximum absolute atomic E-state index is 11.1. The zero-order valence-corrected chi connectivity index (χ0v) is 10.2. The molecule has 0 aromatic carbocycles. The second kappa shape index (κ2) is 5.49. The Hall–Kier alpha value is -0.580. The molecule has 0 saturated carbocycles. The van der Waals surface area contributed by atoms with Crippen molar-refractivity contribution in [3.63, 3.8) is 0 Å². The lowest BCUT2D eigenvalue weighted by molar-refractivity contribution is -0.139. The number of methoxy groups -OCH3 is 1. The van der Waals surface area contributed by atoms with Crippen LogP contribution in [0.3, 0.4) is 0 Å². The average molecular weight is 248 g/mol. The van der Waals surface area contributed by atoms with Gasteiger partial charge >= 0.3 is 5.97 Å². The lowest BCUT2D eigenvalue weighted by atomic mass is 10.1. The molecule has 1 aliphatic rings. The van der Waals surface area contributed by atoms with Crippen LogP contribution in [0.4, 0.5) is 0 Å². The summed E-state index contributed by atoms with van der Waals surface area (Å²) in [5, 5.41) is 3.31. The largest absolute Gasteiger partial charge is 0.469 e. The molecule has 1 aromatic heterocycles. The quantitative estimate of drug-likeness (QED) is 0.806. The molecule has 0 radical (unpaired) electrons. The highest BCUT2D eigenvalue weighted by atomic mass is 35.5. The van der Waals surface area contributed by atoms with Gasteiger partial charge in [0.15, 0.2) is 0 Å². The zero-order chi connectivity index (χ0) is 9.97. The number of fused-ring (bicyclic) bond motifs is 1. The van der Waals surface area contributed by atoms with Crippen LogP contribution in [0, 0.1) is 0 Å². The second-order valence-corrected chi connectivity index (χ2v) is 4.56. The van der Waals surface area contributed by atoms with Gasteiger partial charge < -0.3 is 10.1 Å². The minimum atomic E-state index is -0.156. The van der Waals surface area contributed by atoms with Crippen molar-refractivity contribution in [3.8, 4) is 0 Å². The Kier molecular flexibility index (Phi) is 4.57. The molecule has 0 spiro atoms. The van der Waals surface area contributed by atoms with E-state index in [1.54, 1.807) is 11.3 Å². The van der Waals surface area contributed by atoms with Gasteiger partial charge in [-0.2, -0.15) is 0 Å². The van der Waals surface area contributed by atoms with Crippen LogP contribution in [-0.4, -0.2) is 19.6 Å². The molecular formula is C10H14ClNO2S. The van der Waals surface area contributed by atoms with Gasteiger partial charge in [0.25, 0.3) is 0 Å². The first-order valence-corrected chi connectivity index (χ1v) is 5.49. The first-order valence-electron chi connectivity index (χ1n) is 4.67. The number of thiophene rings is 1. The van der Waals surface area contributed by atoms with Gasteiger partial charge in [-0.1, -0.05) is 0 Å². The third kappa shape index (κ3) is 2.93. The maximum Gasteiger partial charge on any atom is 0.310 e. The smallest absolute Gasteiger partial charge is 0.310 e. The molecule has 0 aliphatic carbocycles. The van der Waals surface area contributed by atoms with E-state index in [0.29, 0.717) is 6.42 Å². The van der Waals surface area contributed by atoms with E-state index in [-0.39, 0.29) is 18.4 Å². The van der Waals surface area contributed by atoms with Crippen molar-refractivity contribution in [2.75, 3.05) is 13.7 Å². The Bertz CT molecular complexity index is 328. The average Bonchev–Trinajstić information content (AvgIpc) is 2.59. The van der Waals surface area contributed by atoms with Crippen molar-refractivity contribution in [2.45, 2.75) is 19.4 Å². The lowest BCUT2D eigenvalue weighted by Crippen LogP contribution is -2.21. The summed E-state index contributed by atoms with van der Waals surface area (Å²) in [6, 6.07) is 2.11. The van der Waals surface area contributed by atoms with Gasteiger partial charge in [0.05, 0.1) is 13.5 Å². The van der Waals surface area contributed by atoms with Gasteiger partial charge in [0.2, 0.25) is 0 Å². The monoisotopic (exact) mass is 247 g/mol. The highest BCUT2D eigenvalue weighted by Gasteiger charge is 2.14. The molecule has 0 fully saturated rings. The molecule has 0 bridgehead atoms. The Balaban J connectivity index is 0.00000112. The zero-order valence-electron chi connectivity index (χ0n) is 8.54. The van der Waals surface area contributed by atoms with Crippen LogP contribution >= 0.6 is 23.7 Å². The van der Waals surface area contributed by atoms with Gasteiger partial charge in [-0.15, -0.1) is 23.7 Å². The van der Waals surface area contributed by atoms with Crippen LogP contribution in [0.25, 0.3) is 0 Å². The van der Waals surface area contributed by atoms with Crippen molar-refractivity contribution < 1.29 is 9.53 Å². The number of carbonyl (C=O) groups is 1. The Morgan fingerprint density at radius 3 is 3.13 bits per heavy atom. The molecule has 1 aliphatic heterocycles. The first-order chi connectivity index (χ1) is 6.79. The van der Waals surface area contributed by atoms with E-state index in [4.69, 9.17) is 0 Å². The number of hydrogen-bond donors (Lipinski definition) is 1. The molecule has 1 N–H and O–H groups in total. The summed E-state index contributed by atoms with van der Waals surface area (Å²) < 4.78 is 4.64. The molecule has 15 heavy (non-hydrogen) atoms. The molecule has 2 rings (SSSR count). The number of nitrogens with one attached hydrogen (secondary N) is 1. The minimum Gasteiger partial charge on any atom is -0.469 e. The van der Waals surface area contributed by atoms with Gasteiger partial charge in [-0.25, -0.2) is 0 Å². The topological polar surface area (TPSA) is 38.3 Å². The summed E-state index contributed by atoms with van der Waals surface area (Å²) in [4.78, 5) is 13.6. The lowest BCUT2D eigenvalue weighted by Gasteiger charge is -2.10. The van der Waals surface area contributed by atoms with E-state index in [1.807, 2.05) is 0 Å². The Labute approximate surface area is 99.2 Å². The molecule has 0 amide bonds. The van der Waals surface area contributed by atoms with E-state index >= 15 is 0 Å². The molecule has 3 nitrogen and oxygen atoms in total. The third-order valence-corrected chi connectivity index (χ3v) is 3.58. The van der Waals surface area contributed by atoms with Crippen molar-refractivity contribution in [1.29, 1.82) is 0 Å². The standard InChI is InChI=1S/C10H13NO2S.ClH/c1-13-10(12)5-8-4-7-6-11-3-2-9(7)14-8;/h4,11H,2-3,5-6H2,1H3;1H. The van der Waals surface area contributed by atoms with Crippen molar-refractivity contribution >= 4 is 29.7 Å². The predicted octanol–water partition coefficient (Wildman–Crippen LogP) is 1.53. The van der Waals surface area contributed by atoms with Crippen LogP contribution in [0.15, 0.2) is 6.07 Å². The summed E-state index contributed by atoms with van der Waals surface area (Å²) in [6.45, 7) is 1.98. The summed E-state index contributed by atoms with van der Waals surface area (Å²) in [6.07, 6.45) is 1.50. The van der Waals surface area contributed by atoms with Crippen LogP contribution in [0.2, 0.25) is 0 Å². The van der Waals surface area contributed by atoms with Crippen LogP contribution in [-0.2, 0) is 28.9 Å². The van der Waals surface area contributed by atoms with E-state index in [0.717, 1.165) is 24.4 Å². The maximum atomic E-state index is 11.1. The molecule has 0 saturated heterocycles. The summed E-state index contributed by atoms with van der Waals surface area (Å²) in [5.41, 5.74) is 1.35. The van der Waals surface area contributed by atoms with E-state index in [1.165, 1.54) is 17.6 Å². The normalized spacial score (nSPS) is 13.9. The van der Waals surface area contributed by atoms with Gasteiger partial charge in [0.1, 0.15) is 0 Å². The molecule has 2 heterocycles. The molecule has 0 atom stereocenters. The van der Waals surface area contributed by atoms with Gasteiger partial charge in [-0.05, 0) is 18.1 Å². The minimum absolute atomic E-state index is 0. The van der Waals surface area contributed by atoms with E-state index in [9.17, 15) is 4.79 Å². The van der Waals surface area contributed by atoms with Gasteiger partial charge in [0, 0.05) is 22.8 Å². The molecule has 1 aromatic rings. The highest BCUT2D eigenvalue weighted by molar-refractivity contribution is 7.12. The van der Waals surface area contributed by atoms with Crippen LogP contribution in [0.1, 0.15) is 15.3 Å². The van der Waals surface area contributed by atoms with Crippen molar-refractivity contribution in [1.82, 2.24) is 5.32 Å². The summed E-state index contributed by atoms with van der Waals surface area (Å²) >= 11 is 1.74. The van der Waals surface area contributed by atoms with Crippen molar-refractivity contribution in [3.05, 3.63) is 21.4 Å². The number of carbonyl (C=O) groups excluding carboxylic acids is 1. The van der Waals surface area contributed by atoms with Gasteiger partial charge in [-0.3, -0.25) is 4.79 Å². The number of ether oxygens (including phenoxy) is 1. The second-order valence-electron chi connectivity index (χ2n) is 3.34. The van der Waals surface area contributed by atoms with E-state index in [2.05, 4.69) is 16.1 Å². The van der Waals surface area contributed by atoms with Crippen LogP contribution < -0.4 is 5.32 Å². The van der Waals surface area contributed by atoms with E-state index < -0.39 is 0 Å². The molecule has 0 unspecified atom stereocenters. The number of halogens is 1. The Morgan fingerprint density at radius 2 is 2.47 bits per heavy atom. The predicted molar refractivity (Wildman–Crippen MR) is 62.7 cm³/mol. The van der Waals surface area contributed by atoms with Crippen LogP contribution in [0.5, 0.6) is 0 Å². The fourth-order valence-corrected chi connectivity index (χ4v) is 2.79. The number of rotatable bonds is 2. The Morgan fingerprint density at radius 1 is 1.67 bits per heavy atom. The fourth-order valence-electron chi connectivity index (χ4n) is 1.62. The molecule has 5 heteroatoms. The molecular weight excluding hydrogens is 234 g/mol. The SMILES string of the molecule is COC(=O)Cc1cc2c(s1)CCNC2.Cl. The summed E-state index contributed by atoms with van der Waals surface area (Å²) in [5.74, 6) is -0.156. The number of hydrogen-bond acceptors (Lipinski definition) is 4. The van der Waals surface area contributed by atoms with Crippen molar-refractivity contribution in [2.24, 2.45) is 0 Å². The highest BCUT2D eigenvalue weighted by Crippen LogP contribution is 2.25. The first kappa shape index (κ1) is 12.5. The molecule has 84 valence electrons. The summed E-state index contributed by atoms with van der Waals surface area (Å²) in [7, 11) is 1.43. The fraction of sp³-hybridized carbons (Fsp3) is 0.500.